The van der Waals surface area contributed by atoms with E-state index in [9.17, 15) is 9.59 Å². The van der Waals surface area contributed by atoms with Crippen molar-refractivity contribution in [3.8, 4) is 0 Å². The van der Waals surface area contributed by atoms with E-state index in [1.54, 1.807) is 11.9 Å². The first-order valence-electron chi connectivity index (χ1n) is 13.2. The summed E-state index contributed by atoms with van der Waals surface area (Å²) in [6, 6.07) is 27.5. The van der Waals surface area contributed by atoms with Crippen LogP contribution in [0.5, 0.6) is 0 Å². The Kier molecular flexibility index (Phi) is 8.04. The number of likely N-dealkylation sites (N-methyl/N-ethyl adjacent to an activating group) is 1. The Labute approximate surface area is 224 Å². The molecule has 4 aromatic rings. The molecule has 0 aliphatic carbocycles. The summed E-state index contributed by atoms with van der Waals surface area (Å²) >= 11 is 0. The third-order valence-electron chi connectivity index (χ3n) is 7.24. The zero-order valence-electron chi connectivity index (χ0n) is 21.8. The van der Waals surface area contributed by atoms with E-state index in [2.05, 4.69) is 39.5 Å². The third-order valence-corrected chi connectivity index (χ3v) is 7.24. The van der Waals surface area contributed by atoms with Crippen LogP contribution in [-0.2, 0) is 24.3 Å². The summed E-state index contributed by atoms with van der Waals surface area (Å²) in [6.07, 6.45) is 2.36. The highest BCUT2D eigenvalue weighted by Crippen LogP contribution is 2.20. The van der Waals surface area contributed by atoms with Crippen molar-refractivity contribution in [1.29, 1.82) is 0 Å². The van der Waals surface area contributed by atoms with E-state index >= 15 is 0 Å². The van der Waals surface area contributed by atoms with E-state index in [0.717, 1.165) is 41.7 Å². The molecule has 3 aromatic carbocycles. The Balaban J connectivity index is 1.26. The van der Waals surface area contributed by atoms with Crippen LogP contribution >= 0.6 is 0 Å². The number of aromatic amines is 1. The van der Waals surface area contributed by atoms with E-state index < -0.39 is 6.04 Å². The maximum absolute atomic E-state index is 13.7. The van der Waals surface area contributed by atoms with Crippen molar-refractivity contribution in [1.82, 2.24) is 25.0 Å². The number of fused-ring (bicyclic) bond motifs is 1. The minimum Gasteiger partial charge on any atom is -0.361 e. The average Bonchev–Trinajstić information content (AvgIpc) is 3.36. The predicted molar refractivity (Wildman–Crippen MR) is 151 cm³/mol. The minimum absolute atomic E-state index is 0.102. The van der Waals surface area contributed by atoms with E-state index in [0.29, 0.717) is 26.1 Å². The molecule has 5 rings (SSSR count). The zero-order chi connectivity index (χ0) is 26.3. The van der Waals surface area contributed by atoms with Crippen LogP contribution in [0.1, 0.15) is 16.7 Å². The maximum Gasteiger partial charge on any atom is 0.318 e. The first kappa shape index (κ1) is 25.5. The van der Waals surface area contributed by atoms with Gasteiger partial charge in [-0.25, -0.2) is 4.79 Å². The lowest BCUT2D eigenvalue weighted by Crippen LogP contribution is -2.56. The monoisotopic (exact) mass is 509 g/mol. The molecule has 7 heteroatoms. The van der Waals surface area contributed by atoms with Gasteiger partial charge in [-0.3, -0.25) is 9.69 Å². The number of hydrogen-bond acceptors (Lipinski definition) is 3. The Hall–Kier alpha value is -4.10. The number of H-pyrrole nitrogens is 1. The number of carbonyl (C=O) groups is 2. The quantitative estimate of drug-likeness (QED) is 0.373. The highest BCUT2D eigenvalue weighted by molar-refractivity contribution is 5.89. The van der Waals surface area contributed by atoms with Crippen LogP contribution in [0.25, 0.3) is 10.9 Å². The maximum atomic E-state index is 13.7. The van der Waals surface area contributed by atoms with Gasteiger partial charge in [-0.05, 0) is 22.8 Å². The number of aromatic nitrogens is 1. The molecular weight excluding hydrogens is 474 g/mol. The summed E-state index contributed by atoms with van der Waals surface area (Å²) in [6.45, 7) is 4.23. The standard InChI is InChI=1S/C31H35N5O2/c1-34(22-24-10-4-2-5-11-24)30(37)29(20-26-21-32-28-15-9-8-14-27(26)28)33-31(38)36-18-16-35(17-19-36)23-25-12-6-3-7-13-25/h2-15,21,29,32H,16-20,22-23H2,1H3,(H,33,38). The Morgan fingerprint density at radius 3 is 2.21 bits per heavy atom. The van der Waals surface area contributed by atoms with Crippen LogP contribution in [-0.4, -0.2) is 70.9 Å². The molecule has 1 fully saturated rings. The van der Waals surface area contributed by atoms with Crippen molar-refractivity contribution in [2.75, 3.05) is 33.2 Å². The van der Waals surface area contributed by atoms with E-state index in [1.165, 1.54) is 5.56 Å². The molecule has 2 heterocycles. The molecule has 0 spiro atoms. The molecule has 1 saturated heterocycles. The smallest absolute Gasteiger partial charge is 0.318 e. The fraction of sp³-hybridized carbons (Fsp3) is 0.290. The summed E-state index contributed by atoms with van der Waals surface area (Å²) in [7, 11) is 1.80. The molecule has 1 aliphatic rings. The molecule has 7 nitrogen and oxygen atoms in total. The SMILES string of the molecule is CN(Cc1ccccc1)C(=O)C(Cc1c[nH]c2ccccc12)NC(=O)N1CCN(Cc2ccccc2)CC1. The first-order chi connectivity index (χ1) is 18.6. The highest BCUT2D eigenvalue weighted by atomic mass is 16.2. The van der Waals surface area contributed by atoms with E-state index in [4.69, 9.17) is 0 Å². The molecular formula is C31H35N5O2. The van der Waals surface area contributed by atoms with Gasteiger partial charge in [0, 0.05) is 69.8 Å². The number of benzene rings is 3. The van der Waals surface area contributed by atoms with E-state index in [1.807, 2.05) is 71.8 Å². The summed E-state index contributed by atoms with van der Waals surface area (Å²) in [5, 5.41) is 4.15. The third kappa shape index (κ3) is 6.23. The number of para-hydroxylation sites is 1. The largest absolute Gasteiger partial charge is 0.361 e. The zero-order valence-corrected chi connectivity index (χ0v) is 21.8. The molecule has 2 N–H and O–H groups in total. The van der Waals surface area contributed by atoms with Crippen molar-refractivity contribution in [3.05, 3.63) is 108 Å². The summed E-state index contributed by atoms with van der Waals surface area (Å²) < 4.78 is 0. The van der Waals surface area contributed by atoms with Gasteiger partial charge >= 0.3 is 6.03 Å². The molecule has 0 bridgehead atoms. The molecule has 3 amide bonds. The minimum atomic E-state index is -0.669. The first-order valence-corrected chi connectivity index (χ1v) is 13.2. The number of urea groups is 1. The van der Waals surface area contributed by atoms with Gasteiger partial charge in [-0.1, -0.05) is 78.9 Å². The molecule has 1 aromatic heterocycles. The topological polar surface area (TPSA) is 71.7 Å². The van der Waals surface area contributed by atoms with Gasteiger partial charge in [0.25, 0.3) is 0 Å². The van der Waals surface area contributed by atoms with Crippen molar-refractivity contribution in [2.45, 2.75) is 25.6 Å². The summed E-state index contributed by atoms with van der Waals surface area (Å²) in [5.74, 6) is -0.102. The Morgan fingerprint density at radius 1 is 0.868 bits per heavy atom. The lowest BCUT2D eigenvalue weighted by molar-refractivity contribution is -0.132. The van der Waals surface area contributed by atoms with E-state index in [-0.39, 0.29) is 11.9 Å². The number of rotatable bonds is 8. The fourth-order valence-corrected chi connectivity index (χ4v) is 5.11. The lowest BCUT2D eigenvalue weighted by atomic mass is 10.0. The van der Waals surface area contributed by atoms with Gasteiger partial charge in [-0.15, -0.1) is 0 Å². The van der Waals surface area contributed by atoms with Gasteiger partial charge in [0.15, 0.2) is 0 Å². The van der Waals surface area contributed by atoms with Gasteiger partial charge in [0.1, 0.15) is 6.04 Å². The average molecular weight is 510 g/mol. The predicted octanol–water partition coefficient (Wildman–Crippen LogP) is 4.27. The molecule has 1 aliphatic heterocycles. The molecule has 1 unspecified atom stereocenters. The lowest BCUT2D eigenvalue weighted by Gasteiger charge is -2.35. The van der Waals surface area contributed by atoms with Crippen LogP contribution < -0.4 is 5.32 Å². The number of carbonyl (C=O) groups excluding carboxylic acids is 2. The van der Waals surface area contributed by atoms with Crippen LogP contribution in [0.4, 0.5) is 4.79 Å². The highest BCUT2D eigenvalue weighted by Gasteiger charge is 2.29. The number of piperazine rings is 1. The van der Waals surface area contributed by atoms with Crippen LogP contribution in [0.2, 0.25) is 0 Å². The number of nitrogens with one attached hydrogen (secondary N) is 2. The fourth-order valence-electron chi connectivity index (χ4n) is 5.11. The number of amides is 3. The normalized spacial score (nSPS) is 14.8. The van der Waals surface area contributed by atoms with Crippen LogP contribution in [0.15, 0.2) is 91.1 Å². The van der Waals surface area contributed by atoms with Crippen LogP contribution in [0.3, 0.4) is 0 Å². The molecule has 0 radical (unpaired) electrons. The van der Waals surface area contributed by atoms with Gasteiger partial charge < -0.3 is 20.1 Å². The number of nitrogens with zero attached hydrogens (tertiary/aromatic N) is 3. The number of hydrogen-bond donors (Lipinski definition) is 2. The van der Waals surface area contributed by atoms with Crippen LogP contribution in [0, 0.1) is 0 Å². The second-order valence-corrected chi connectivity index (χ2v) is 9.99. The van der Waals surface area contributed by atoms with Gasteiger partial charge in [0.05, 0.1) is 0 Å². The second-order valence-electron chi connectivity index (χ2n) is 9.99. The van der Waals surface area contributed by atoms with Crippen molar-refractivity contribution < 1.29 is 9.59 Å². The van der Waals surface area contributed by atoms with Crippen molar-refractivity contribution in [3.63, 3.8) is 0 Å². The summed E-state index contributed by atoms with van der Waals surface area (Å²) in [5.41, 5.74) is 4.36. The molecule has 0 saturated carbocycles. The summed E-state index contributed by atoms with van der Waals surface area (Å²) in [4.78, 5) is 36.2. The molecule has 38 heavy (non-hydrogen) atoms. The Morgan fingerprint density at radius 2 is 1.50 bits per heavy atom. The molecule has 196 valence electrons. The molecule has 1 atom stereocenters. The van der Waals surface area contributed by atoms with Gasteiger partial charge in [0.2, 0.25) is 5.91 Å². The Bertz CT molecular complexity index is 1350. The van der Waals surface area contributed by atoms with Crippen molar-refractivity contribution >= 4 is 22.8 Å². The van der Waals surface area contributed by atoms with Gasteiger partial charge in [-0.2, -0.15) is 0 Å². The second kappa shape index (κ2) is 12.0. The van der Waals surface area contributed by atoms with Crippen molar-refractivity contribution in [2.24, 2.45) is 0 Å².